The molecule has 11 nitrogen and oxygen atoms in total. The summed E-state index contributed by atoms with van der Waals surface area (Å²) in [5.74, 6) is -10.1. The Balaban J connectivity index is 1.60. The maximum Gasteiger partial charge on any atom is 0.235 e. The van der Waals surface area contributed by atoms with Crippen LogP contribution in [0.25, 0.3) is 0 Å². The predicted molar refractivity (Wildman–Crippen MR) is 137 cm³/mol. The van der Waals surface area contributed by atoms with Gasteiger partial charge in [-0.15, -0.1) is 0 Å². The van der Waals surface area contributed by atoms with Gasteiger partial charge >= 0.3 is 0 Å². The zero-order valence-corrected chi connectivity index (χ0v) is 22.6. The number of carbonyl (C=O) groups is 5. The quantitative estimate of drug-likeness (QED) is 0.395. The van der Waals surface area contributed by atoms with Gasteiger partial charge in [-0.1, -0.05) is 6.92 Å². The summed E-state index contributed by atoms with van der Waals surface area (Å²) in [4.78, 5) is 70.1. The second kappa shape index (κ2) is 9.50. The summed E-state index contributed by atoms with van der Waals surface area (Å²) in [7, 11) is 4.61. The number of aliphatic hydroxyl groups is 1. The van der Waals surface area contributed by atoms with E-state index in [1.54, 1.807) is 14.1 Å². The van der Waals surface area contributed by atoms with Crippen LogP contribution in [0, 0.1) is 23.7 Å². The molecule has 0 aromatic heterocycles. The Morgan fingerprint density at radius 1 is 1.18 bits per heavy atom. The molecule has 0 spiro atoms. The number of primary amides is 1. The Kier molecular flexibility index (Phi) is 6.68. The Labute approximate surface area is 226 Å². The molecule has 0 saturated heterocycles. The van der Waals surface area contributed by atoms with E-state index in [-0.39, 0.29) is 24.2 Å². The second-order valence-corrected chi connectivity index (χ2v) is 11.5. The largest absolute Gasteiger partial charge is 0.507 e. The molecule has 210 valence electrons. The monoisotopic (exact) mass is 541 g/mol. The van der Waals surface area contributed by atoms with E-state index in [9.17, 15) is 34.2 Å². The van der Waals surface area contributed by atoms with Gasteiger partial charge in [-0.2, -0.15) is 0 Å². The van der Waals surface area contributed by atoms with Gasteiger partial charge in [0.05, 0.1) is 24.6 Å². The molecule has 2 unspecified atom stereocenters. The van der Waals surface area contributed by atoms with Crippen LogP contribution in [0.1, 0.15) is 47.7 Å². The van der Waals surface area contributed by atoms with Crippen molar-refractivity contribution in [2.75, 3.05) is 27.7 Å². The minimum atomic E-state index is -2.73. The van der Waals surface area contributed by atoms with E-state index in [2.05, 4.69) is 11.8 Å². The van der Waals surface area contributed by atoms with Gasteiger partial charge < -0.3 is 20.7 Å². The highest BCUT2D eigenvalue weighted by Crippen LogP contribution is 2.52. The van der Waals surface area contributed by atoms with Gasteiger partial charge in [-0.3, -0.25) is 33.8 Å². The Morgan fingerprint density at radius 2 is 1.85 bits per heavy atom. The van der Waals surface area contributed by atoms with Gasteiger partial charge in [-0.05, 0) is 58.3 Å². The van der Waals surface area contributed by atoms with Crippen LogP contribution in [-0.2, 0) is 32.1 Å². The number of benzene rings is 1. The van der Waals surface area contributed by atoms with Gasteiger partial charge in [0.1, 0.15) is 11.5 Å². The molecule has 3 saturated carbocycles. The van der Waals surface area contributed by atoms with E-state index < -0.39 is 64.4 Å². The average molecular weight is 542 g/mol. The number of phenols is 1. The van der Waals surface area contributed by atoms with Crippen molar-refractivity contribution < 1.29 is 38.9 Å². The van der Waals surface area contributed by atoms with Crippen molar-refractivity contribution in [1.82, 2.24) is 9.80 Å². The van der Waals surface area contributed by atoms with Gasteiger partial charge in [0, 0.05) is 29.6 Å². The Bertz CT molecular complexity index is 1290. The smallest absolute Gasteiger partial charge is 0.235 e. The number of Topliss-reactive ketones (excluding diaryl/α,β-unsaturated/α-hetero) is 4. The molecule has 11 heteroatoms. The lowest BCUT2D eigenvalue weighted by atomic mass is 9.52. The molecule has 4 aliphatic carbocycles. The number of ketones is 4. The summed E-state index contributed by atoms with van der Waals surface area (Å²) in [6.07, 6.45) is 2.37. The van der Waals surface area contributed by atoms with Crippen LogP contribution in [0.15, 0.2) is 6.07 Å². The third-order valence-corrected chi connectivity index (χ3v) is 9.14. The van der Waals surface area contributed by atoms with Crippen LogP contribution in [0.5, 0.6) is 11.5 Å². The van der Waals surface area contributed by atoms with Crippen molar-refractivity contribution in [3.8, 4) is 11.5 Å². The number of methoxy groups -OCH3 is 1. The van der Waals surface area contributed by atoms with Crippen LogP contribution in [0.4, 0.5) is 0 Å². The van der Waals surface area contributed by atoms with Crippen molar-refractivity contribution in [3.05, 3.63) is 22.8 Å². The van der Waals surface area contributed by atoms with Gasteiger partial charge in [-0.25, -0.2) is 0 Å². The highest BCUT2D eigenvalue weighted by molar-refractivity contribution is 6.32. The van der Waals surface area contributed by atoms with E-state index >= 15 is 0 Å². The molecule has 5 rings (SSSR count). The summed E-state index contributed by atoms with van der Waals surface area (Å²) < 4.78 is 5.77. The van der Waals surface area contributed by atoms with Crippen molar-refractivity contribution in [3.63, 3.8) is 0 Å². The van der Waals surface area contributed by atoms with Crippen molar-refractivity contribution >= 4 is 29.0 Å². The van der Waals surface area contributed by atoms with Crippen LogP contribution in [0.3, 0.4) is 0 Å². The van der Waals surface area contributed by atoms with Crippen molar-refractivity contribution in [2.24, 2.45) is 29.4 Å². The van der Waals surface area contributed by atoms with Crippen molar-refractivity contribution in [1.29, 1.82) is 0 Å². The summed E-state index contributed by atoms with van der Waals surface area (Å²) in [5.41, 5.74) is 3.77. The highest BCUT2D eigenvalue weighted by atomic mass is 16.5. The van der Waals surface area contributed by atoms with E-state index in [1.807, 2.05) is 0 Å². The predicted octanol–water partition coefficient (Wildman–Crippen LogP) is -0.140. The molecule has 4 aliphatic rings. The number of fused-ring (bicyclic) bond motifs is 3. The number of rotatable bonds is 7. The lowest BCUT2D eigenvalue weighted by molar-refractivity contribution is -0.181. The molecule has 4 N–H and O–H groups in total. The topological polar surface area (TPSA) is 168 Å². The van der Waals surface area contributed by atoms with E-state index in [4.69, 9.17) is 10.5 Å². The number of amides is 1. The fraction of sp³-hybridized carbons (Fsp3) is 0.607. The third kappa shape index (κ3) is 3.93. The van der Waals surface area contributed by atoms with Crippen molar-refractivity contribution in [2.45, 2.75) is 56.8 Å². The first kappa shape index (κ1) is 27.4. The third-order valence-electron chi connectivity index (χ3n) is 9.14. The molecule has 0 aliphatic heterocycles. The molecule has 3 fully saturated rings. The van der Waals surface area contributed by atoms with E-state index in [0.717, 1.165) is 24.9 Å². The molecule has 1 amide bonds. The zero-order valence-electron chi connectivity index (χ0n) is 22.6. The number of nitrogens with two attached hydrogens (primary N) is 1. The summed E-state index contributed by atoms with van der Waals surface area (Å²) in [6.45, 7) is 3.39. The minimum absolute atomic E-state index is 0.00119. The molecule has 0 radical (unpaired) electrons. The maximum atomic E-state index is 13.9. The zero-order chi connectivity index (χ0) is 28.5. The number of nitrogens with zero attached hydrogens (tertiary/aromatic N) is 2. The first-order valence-electron chi connectivity index (χ1n) is 13.4. The van der Waals surface area contributed by atoms with E-state index in [1.165, 1.54) is 18.1 Å². The molecule has 1 aromatic rings. The Hall–Kier alpha value is -3.15. The highest BCUT2D eigenvalue weighted by Gasteiger charge is 2.69. The lowest BCUT2D eigenvalue weighted by Crippen LogP contribution is -2.74. The van der Waals surface area contributed by atoms with E-state index in [0.29, 0.717) is 23.9 Å². The maximum absolute atomic E-state index is 13.9. The number of aromatic hydroxyl groups is 1. The molecule has 0 bridgehead atoms. The number of carbonyl (C=O) groups excluding carboxylic acids is 5. The SMILES string of the molecule is CCN(Cc1cc(O)c2c(c1OC)C[C@H]1C[C@H]3[C@H](N(C)C)C(=O)C(C(N)=O)C(=O)[C@@]3(O)C(=O)C1C2=O)C1CC1. The summed E-state index contributed by atoms with van der Waals surface area (Å²) >= 11 is 0. The van der Waals surface area contributed by atoms with Crippen LogP contribution >= 0.6 is 0 Å². The fourth-order valence-electron chi connectivity index (χ4n) is 7.25. The number of hydrogen-bond acceptors (Lipinski definition) is 10. The van der Waals surface area contributed by atoms with Gasteiger partial charge in [0.25, 0.3) is 0 Å². The molecular formula is C28H35N3O8. The van der Waals surface area contributed by atoms with Gasteiger partial charge in [0.2, 0.25) is 5.91 Å². The fourth-order valence-corrected chi connectivity index (χ4v) is 7.25. The average Bonchev–Trinajstić information content (AvgIpc) is 3.69. The van der Waals surface area contributed by atoms with Crippen LogP contribution in [0.2, 0.25) is 0 Å². The Morgan fingerprint density at radius 3 is 2.38 bits per heavy atom. The molecule has 1 aromatic carbocycles. The molecular weight excluding hydrogens is 506 g/mol. The van der Waals surface area contributed by atoms with Crippen LogP contribution < -0.4 is 10.5 Å². The lowest BCUT2D eigenvalue weighted by Gasteiger charge is -2.52. The number of likely N-dealkylation sites (N-methyl/N-ethyl adjacent to an activating group) is 1. The number of phenolic OH excluding ortho intramolecular Hbond substituents is 1. The number of ether oxygens (including phenoxy) is 1. The minimum Gasteiger partial charge on any atom is -0.507 e. The standard InChI is InChI=1S/C28H35N3O8/c1-5-31(14-6-7-14)11-13-10-17(32)19-15(24(13)39-4)8-12-9-16-21(30(2)3)23(34)20(27(29)37)26(36)28(16,38)25(35)18(12)22(19)33/h10,12,14,16,18,20-21,32,38H,5-9,11H2,1-4H3,(H2,29,37)/t12-,16-,18?,20?,21-,28-/m0/s1. The molecule has 6 atom stereocenters. The van der Waals surface area contributed by atoms with Gasteiger partial charge in [0.15, 0.2) is 34.7 Å². The molecule has 39 heavy (non-hydrogen) atoms. The first-order valence-corrected chi connectivity index (χ1v) is 13.4. The second-order valence-electron chi connectivity index (χ2n) is 11.5. The van der Waals surface area contributed by atoms with Crippen LogP contribution in [-0.4, -0.2) is 94.5 Å². The first-order chi connectivity index (χ1) is 18.4. The number of hydrogen-bond donors (Lipinski definition) is 3. The normalized spacial score (nSPS) is 32.2. The summed E-state index contributed by atoms with van der Waals surface area (Å²) in [5, 5.41) is 22.7. The summed E-state index contributed by atoms with van der Waals surface area (Å²) in [6, 6.07) is 0.817. The molecule has 0 heterocycles.